The molecule has 0 fully saturated rings. The third kappa shape index (κ3) is 2.26. The molecule has 1 amide bonds. The lowest BCUT2D eigenvalue weighted by molar-refractivity contribution is 0.0963. The number of hydrogen-bond acceptors (Lipinski definition) is 4. The first kappa shape index (κ1) is 14.8. The number of nitrogens with zero attached hydrogens (tertiary/aromatic N) is 2. The van der Waals surface area contributed by atoms with Gasteiger partial charge in [-0.05, 0) is 36.2 Å². The van der Waals surface area contributed by atoms with E-state index in [-0.39, 0.29) is 17.3 Å². The summed E-state index contributed by atoms with van der Waals surface area (Å²) in [5, 5.41) is 9.35. The minimum atomic E-state index is -0.199. The summed E-state index contributed by atoms with van der Waals surface area (Å²) in [5.41, 5.74) is 9.44. The molecule has 0 radical (unpaired) electrons. The predicted molar refractivity (Wildman–Crippen MR) is 89.3 cm³/mol. The van der Waals surface area contributed by atoms with Gasteiger partial charge in [0.2, 0.25) is 0 Å². The van der Waals surface area contributed by atoms with Gasteiger partial charge in [-0.2, -0.15) is 5.10 Å². The van der Waals surface area contributed by atoms with E-state index in [1.807, 2.05) is 13.0 Å². The first-order chi connectivity index (χ1) is 10.9. The summed E-state index contributed by atoms with van der Waals surface area (Å²) in [4.78, 5) is 24.6. The van der Waals surface area contributed by atoms with Gasteiger partial charge in [0, 0.05) is 25.2 Å². The van der Waals surface area contributed by atoms with Crippen LogP contribution in [0.5, 0.6) is 0 Å². The maximum Gasteiger partial charge on any atom is 0.258 e. The zero-order chi connectivity index (χ0) is 16.7. The number of anilines is 1. The number of nitrogens with two attached hydrogens (primary N) is 1. The Morgan fingerprint density at radius 3 is 2.74 bits per heavy atom. The molecule has 1 aromatic carbocycles. The van der Waals surface area contributed by atoms with Crippen LogP contribution in [0.3, 0.4) is 0 Å². The predicted octanol–water partition coefficient (Wildman–Crippen LogP) is 1.18. The maximum absolute atomic E-state index is 12.7. The molecule has 0 aliphatic rings. The smallest absolute Gasteiger partial charge is 0.258 e. The van der Waals surface area contributed by atoms with E-state index in [1.165, 1.54) is 4.57 Å². The van der Waals surface area contributed by atoms with E-state index in [0.717, 1.165) is 5.56 Å². The molecule has 0 unspecified atom stereocenters. The molecule has 0 saturated carbocycles. The zero-order valence-corrected chi connectivity index (χ0v) is 13.1. The van der Waals surface area contributed by atoms with Gasteiger partial charge >= 0.3 is 0 Å². The van der Waals surface area contributed by atoms with Crippen molar-refractivity contribution in [1.29, 1.82) is 0 Å². The van der Waals surface area contributed by atoms with E-state index in [0.29, 0.717) is 27.7 Å². The number of fused-ring (bicyclic) bond motifs is 1. The highest BCUT2D eigenvalue weighted by Gasteiger charge is 2.15. The van der Waals surface area contributed by atoms with Gasteiger partial charge in [0.15, 0.2) is 5.82 Å². The number of aromatic nitrogens is 3. The molecule has 0 atom stereocenters. The summed E-state index contributed by atoms with van der Waals surface area (Å²) in [6.07, 6.45) is 0. The van der Waals surface area contributed by atoms with Crippen molar-refractivity contribution in [2.45, 2.75) is 6.92 Å². The van der Waals surface area contributed by atoms with E-state index in [1.54, 1.807) is 32.3 Å². The Hall–Kier alpha value is -3.09. The van der Waals surface area contributed by atoms with E-state index in [4.69, 9.17) is 5.73 Å². The van der Waals surface area contributed by atoms with Crippen molar-refractivity contribution in [3.63, 3.8) is 0 Å². The average Bonchev–Trinajstić information content (AvgIpc) is 2.92. The monoisotopic (exact) mass is 311 g/mol. The molecule has 0 spiro atoms. The molecule has 3 aromatic rings. The largest absolute Gasteiger partial charge is 0.380 e. The Balaban J connectivity index is 2.31. The molecule has 0 aliphatic carbocycles. The fourth-order valence-electron chi connectivity index (χ4n) is 2.70. The van der Waals surface area contributed by atoms with Gasteiger partial charge in [0.25, 0.3) is 11.5 Å². The molecule has 3 rings (SSSR count). The Bertz CT molecular complexity index is 984. The number of benzene rings is 1. The van der Waals surface area contributed by atoms with Crippen LogP contribution < -0.4 is 16.6 Å². The third-order valence-electron chi connectivity index (χ3n) is 3.97. The van der Waals surface area contributed by atoms with Crippen molar-refractivity contribution >= 4 is 22.8 Å². The van der Waals surface area contributed by atoms with Crippen molar-refractivity contribution in [3.05, 3.63) is 45.7 Å². The summed E-state index contributed by atoms with van der Waals surface area (Å²) in [6.45, 7) is 1.90. The van der Waals surface area contributed by atoms with Crippen LogP contribution in [0.2, 0.25) is 0 Å². The second-order valence-corrected chi connectivity index (χ2v) is 5.40. The number of nitrogens with one attached hydrogen (secondary N) is 2. The van der Waals surface area contributed by atoms with Gasteiger partial charge in [-0.15, -0.1) is 0 Å². The van der Waals surface area contributed by atoms with E-state index >= 15 is 0 Å². The lowest BCUT2D eigenvalue weighted by atomic mass is 9.98. The van der Waals surface area contributed by atoms with Gasteiger partial charge in [0.1, 0.15) is 5.52 Å². The first-order valence-electron chi connectivity index (χ1n) is 7.10. The number of nitrogen functional groups attached to an aromatic ring is 1. The van der Waals surface area contributed by atoms with Crippen LogP contribution in [0.1, 0.15) is 15.9 Å². The van der Waals surface area contributed by atoms with Gasteiger partial charge in [0.05, 0.1) is 5.52 Å². The number of hydrogen-bond donors (Lipinski definition) is 3. The average molecular weight is 311 g/mol. The normalized spacial score (nSPS) is 10.9. The van der Waals surface area contributed by atoms with Crippen molar-refractivity contribution < 1.29 is 4.79 Å². The molecule has 7 nitrogen and oxygen atoms in total. The fourth-order valence-corrected chi connectivity index (χ4v) is 2.70. The number of carbonyl (C=O) groups excluding carboxylic acids is 1. The van der Waals surface area contributed by atoms with E-state index in [9.17, 15) is 9.59 Å². The topological polar surface area (TPSA) is 106 Å². The maximum atomic E-state index is 12.7. The van der Waals surface area contributed by atoms with Crippen molar-refractivity contribution in [2.24, 2.45) is 7.05 Å². The van der Waals surface area contributed by atoms with Gasteiger partial charge in [-0.1, -0.05) is 6.07 Å². The Kier molecular flexibility index (Phi) is 3.40. The second kappa shape index (κ2) is 5.28. The Morgan fingerprint density at radius 2 is 2.04 bits per heavy atom. The molecular formula is C16H17N5O2. The lowest BCUT2D eigenvalue weighted by Gasteiger charge is -2.10. The number of pyridine rings is 1. The molecule has 0 saturated heterocycles. The molecule has 4 N–H and O–H groups in total. The quantitative estimate of drug-likeness (QED) is 0.660. The van der Waals surface area contributed by atoms with Crippen molar-refractivity contribution in [1.82, 2.24) is 20.1 Å². The highest BCUT2D eigenvalue weighted by molar-refractivity contribution is 5.96. The standard InChI is InChI=1S/C16H17N5O2/c1-8-4-5-9(15(22)18-2)6-10(8)11-7-12-13(14(17)20-19-12)21(3)16(11)23/h4-7H,1-3H3,(H,18,22)(H3,17,19,20). The summed E-state index contributed by atoms with van der Waals surface area (Å²) < 4.78 is 1.47. The third-order valence-corrected chi connectivity index (χ3v) is 3.97. The summed E-state index contributed by atoms with van der Waals surface area (Å²) in [7, 11) is 3.22. The number of carbonyl (C=O) groups is 1. The number of aromatic amines is 1. The first-order valence-corrected chi connectivity index (χ1v) is 7.10. The summed E-state index contributed by atoms with van der Waals surface area (Å²) in [5.74, 6) is 0.0805. The minimum Gasteiger partial charge on any atom is -0.380 e. The van der Waals surface area contributed by atoms with Crippen molar-refractivity contribution in [2.75, 3.05) is 12.8 Å². The van der Waals surface area contributed by atoms with Crippen LogP contribution in [0.4, 0.5) is 5.82 Å². The number of rotatable bonds is 2. The van der Waals surface area contributed by atoms with Gasteiger partial charge in [-0.25, -0.2) is 0 Å². The molecule has 2 aromatic heterocycles. The van der Waals surface area contributed by atoms with E-state index < -0.39 is 0 Å². The SMILES string of the molecule is CNC(=O)c1ccc(C)c(-c2cc3[nH]nc(N)c3n(C)c2=O)c1. The van der Waals surface area contributed by atoms with Crippen LogP contribution in [0, 0.1) is 6.92 Å². The van der Waals surface area contributed by atoms with Gasteiger partial charge < -0.3 is 15.6 Å². The lowest BCUT2D eigenvalue weighted by Crippen LogP contribution is -2.20. The second-order valence-electron chi connectivity index (χ2n) is 5.40. The Labute approximate surface area is 132 Å². The van der Waals surface area contributed by atoms with Crippen LogP contribution in [-0.4, -0.2) is 27.7 Å². The molecular weight excluding hydrogens is 294 g/mol. The molecule has 0 aliphatic heterocycles. The van der Waals surface area contributed by atoms with Crippen LogP contribution in [-0.2, 0) is 7.05 Å². The Morgan fingerprint density at radius 1 is 1.30 bits per heavy atom. The van der Waals surface area contributed by atoms with Gasteiger partial charge in [-0.3, -0.25) is 14.7 Å². The molecule has 0 bridgehead atoms. The number of amides is 1. The molecule has 23 heavy (non-hydrogen) atoms. The highest BCUT2D eigenvalue weighted by Crippen LogP contribution is 2.25. The summed E-state index contributed by atoms with van der Waals surface area (Å²) in [6, 6.07) is 6.99. The zero-order valence-electron chi connectivity index (χ0n) is 13.1. The number of H-pyrrole nitrogens is 1. The van der Waals surface area contributed by atoms with Crippen LogP contribution in [0.25, 0.3) is 22.2 Å². The van der Waals surface area contributed by atoms with Crippen LogP contribution >= 0.6 is 0 Å². The molecule has 118 valence electrons. The molecule has 7 heteroatoms. The summed E-state index contributed by atoms with van der Waals surface area (Å²) >= 11 is 0. The van der Waals surface area contributed by atoms with Crippen molar-refractivity contribution in [3.8, 4) is 11.1 Å². The highest BCUT2D eigenvalue weighted by atomic mass is 16.1. The number of aryl methyl sites for hydroxylation is 2. The minimum absolute atomic E-state index is 0.192. The molecule has 2 heterocycles. The van der Waals surface area contributed by atoms with Crippen LogP contribution in [0.15, 0.2) is 29.1 Å². The fraction of sp³-hybridized carbons (Fsp3) is 0.188. The van der Waals surface area contributed by atoms with E-state index in [2.05, 4.69) is 15.5 Å².